The Morgan fingerprint density at radius 2 is 2.00 bits per heavy atom. The monoisotopic (exact) mass is 458 g/mol. The number of nitrogen functional groups attached to an aromatic ring is 1. The summed E-state index contributed by atoms with van der Waals surface area (Å²) >= 11 is 0. The van der Waals surface area contributed by atoms with Crippen molar-refractivity contribution in [1.82, 2.24) is 35.5 Å². The highest BCUT2D eigenvalue weighted by Gasteiger charge is 2.26. The molecule has 5 N–H and O–H groups in total. The number of aromatic nitrogens is 5. The normalized spacial score (nSPS) is 12.6. The van der Waals surface area contributed by atoms with Gasteiger partial charge in [0.1, 0.15) is 5.52 Å². The van der Waals surface area contributed by atoms with Crippen molar-refractivity contribution < 1.29 is 19.3 Å². The molecule has 1 unspecified atom stereocenters. The number of fused-ring (bicyclic) bond motifs is 1. The predicted octanol–water partition coefficient (Wildman–Crippen LogP) is 2.67. The topological polar surface area (TPSA) is 174 Å². The smallest absolute Gasteiger partial charge is 0.404 e. The van der Waals surface area contributed by atoms with Crippen LogP contribution in [-0.4, -0.2) is 54.5 Å². The Balaban J connectivity index is 1.69. The van der Waals surface area contributed by atoms with Crippen LogP contribution < -0.4 is 16.4 Å². The Hall–Kier alpha value is -3.70. The Labute approximate surface area is 190 Å². The van der Waals surface area contributed by atoms with E-state index in [2.05, 4.69) is 30.9 Å². The summed E-state index contributed by atoms with van der Waals surface area (Å²) in [5, 5.41) is 22.0. The Morgan fingerprint density at radius 1 is 1.24 bits per heavy atom. The first kappa shape index (κ1) is 24.0. The molecule has 3 heterocycles. The molecule has 3 aromatic heterocycles. The lowest BCUT2D eigenvalue weighted by molar-refractivity contribution is 0.0953. The molecule has 0 spiro atoms. The van der Waals surface area contributed by atoms with Crippen molar-refractivity contribution in [1.29, 1.82) is 0 Å². The number of amides is 2. The summed E-state index contributed by atoms with van der Waals surface area (Å²) in [7, 11) is 0. The number of aryl methyl sites for hydroxylation is 1. The molecule has 1 atom stereocenters. The van der Waals surface area contributed by atoms with E-state index in [0.717, 1.165) is 6.42 Å². The minimum absolute atomic E-state index is 0.116. The number of imidazole rings is 1. The van der Waals surface area contributed by atoms with Gasteiger partial charge in [-0.2, -0.15) is 0 Å². The van der Waals surface area contributed by atoms with Gasteiger partial charge in [-0.25, -0.2) is 14.4 Å². The standard InChI is InChI=1S/C21H30N8O4/c1-5-29-16-12(10-23-11-13(16)25-18(29)15-17(22)28-33-27-15)19(30)24-9-7-6-8-14(21(2,3)4)26-20(31)32/h10-11,14,26H,5-9H2,1-4H3,(H2,22,28)(H,24,30)(H,31,32). The zero-order valence-corrected chi connectivity index (χ0v) is 19.3. The van der Waals surface area contributed by atoms with Crippen LogP contribution in [0.2, 0.25) is 0 Å². The second-order valence-corrected chi connectivity index (χ2v) is 8.85. The molecule has 178 valence electrons. The molecule has 12 heteroatoms. The number of rotatable bonds is 9. The van der Waals surface area contributed by atoms with Crippen molar-refractivity contribution in [3.05, 3.63) is 18.0 Å². The highest BCUT2D eigenvalue weighted by atomic mass is 16.6. The van der Waals surface area contributed by atoms with Crippen molar-refractivity contribution >= 4 is 28.9 Å². The highest BCUT2D eigenvalue weighted by Crippen LogP contribution is 2.28. The first-order valence-corrected chi connectivity index (χ1v) is 10.8. The van der Waals surface area contributed by atoms with Gasteiger partial charge in [-0.1, -0.05) is 20.8 Å². The van der Waals surface area contributed by atoms with E-state index in [-0.39, 0.29) is 23.2 Å². The number of nitrogens with zero attached hydrogens (tertiary/aromatic N) is 5. The maximum absolute atomic E-state index is 12.9. The van der Waals surface area contributed by atoms with Crippen molar-refractivity contribution in [3.63, 3.8) is 0 Å². The first-order chi connectivity index (χ1) is 15.6. The van der Waals surface area contributed by atoms with Gasteiger partial charge in [-0.15, -0.1) is 0 Å². The van der Waals surface area contributed by atoms with Gasteiger partial charge in [0.05, 0.1) is 17.3 Å². The number of carbonyl (C=O) groups is 2. The molecule has 33 heavy (non-hydrogen) atoms. The summed E-state index contributed by atoms with van der Waals surface area (Å²) in [4.78, 5) is 32.7. The zero-order chi connectivity index (χ0) is 24.2. The van der Waals surface area contributed by atoms with Crippen LogP contribution in [0.5, 0.6) is 0 Å². The maximum Gasteiger partial charge on any atom is 0.404 e. The molecule has 3 aromatic rings. The fourth-order valence-corrected chi connectivity index (χ4v) is 3.74. The van der Waals surface area contributed by atoms with Crippen molar-refractivity contribution in [2.75, 3.05) is 12.3 Å². The molecule has 0 aliphatic heterocycles. The van der Waals surface area contributed by atoms with E-state index in [0.29, 0.717) is 54.0 Å². The third kappa shape index (κ3) is 5.38. The van der Waals surface area contributed by atoms with E-state index in [9.17, 15) is 9.59 Å². The number of carboxylic acid groups (broad SMARTS) is 1. The van der Waals surface area contributed by atoms with E-state index < -0.39 is 6.09 Å². The maximum atomic E-state index is 12.9. The quantitative estimate of drug-likeness (QED) is 0.351. The zero-order valence-electron chi connectivity index (χ0n) is 19.3. The summed E-state index contributed by atoms with van der Waals surface area (Å²) in [5.74, 6) is 0.300. The summed E-state index contributed by atoms with van der Waals surface area (Å²) in [6.45, 7) is 8.89. The third-order valence-corrected chi connectivity index (χ3v) is 5.48. The second-order valence-electron chi connectivity index (χ2n) is 8.85. The van der Waals surface area contributed by atoms with E-state index in [1.807, 2.05) is 32.3 Å². The van der Waals surface area contributed by atoms with Gasteiger partial charge in [0.15, 0.2) is 17.3 Å². The highest BCUT2D eigenvalue weighted by molar-refractivity contribution is 6.05. The molecule has 3 rings (SSSR count). The number of nitrogens with two attached hydrogens (primary N) is 1. The van der Waals surface area contributed by atoms with Gasteiger partial charge in [0, 0.05) is 25.3 Å². The van der Waals surface area contributed by atoms with Crippen LogP contribution >= 0.6 is 0 Å². The fourth-order valence-electron chi connectivity index (χ4n) is 3.74. The molecule has 0 aliphatic carbocycles. The third-order valence-electron chi connectivity index (χ3n) is 5.48. The average molecular weight is 459 g/mol. The fraction of sp³-hybridized carbons (Fsp3) is 0.524. The lowest BCUT2D eigenvalue weighted by Crippen LogP contribution is -2.43. The number of unbranched alkanes of at least 4 members (excludes halogenated alkanes) is 1. The van der Waals surface area contributed by atoms with Gasteiger partial charge >= 0.3 is 6.09 Å². The van der Waals surface area contributed by atoms with Crippen molar-refractivity contribution in [3.8, 4) is 11.5 Å². The number of carbonyl (C=O) groups excluding carboxylic acids is 1. The molecule has 0 aromatic carbocycles. The van der Waals surface area contributed by atoms with E-state index in [1.165, 1.54) is 6.20 Å². The molecule has 0 fully saturated rings. The lowest BCUT2D eigenvalue weighted by atomic mass is 9.84. The SMILES string of the molecule is CCn1c(-c2nonc2N)nc2cncc(C(=O)NCCCCC(NC(=O)O)C(C)(C)C)c21. The summed E-state index contributed by atoms with van der Waals surface area (Å²) in [6.07, 6.45) is 4.21. The second kappa shape index (κ2) is 9.84. The minimum Gasteiger partial charge on any atom is -0.465 e. The molecular formula is C21H30N8O4. The van der Waals surface area contributed by atoms with Crippen LogP contribution in [0.4, 0.5) is 10.6 Å². The largest absolute Gasteiger partial charge is 0.465 e. The number of nitrogens with one attached hydrogen (secondary N) is 2. The molecule has 0 radical (unpaired) electrons. The molecule has 2 amide bonds. The predicted molar refractivity (Wildman–Crippen MR) is 121 cm³/mol. The Bertz CT molecular complexity index is 1130. The molecule has 0 saturated heterocycles. The van der Waals surface area contributed by atoms with Gasteiger partial charge in [-0.3, -0.25) is 9.78 Å². The van der Waals surface area contributed by atoms with E-state index in [1.54, 1.807) is 6.20 Å². The van der Waals surface area contributed by atoms with Gasteiger partial charge in [-0.05, 0) is 41.9 Å². The minimum atomic E-state index is -1.03. The molecular weight excluding hydrogens is 428 g/mol. The first-order valence-electron chi connectivity index (χ1n) is 10.8. The van der Waals surface area contributed by atoms with E-state index in [4.69, 9.17) is 15.5 Å². The molecule has 0 bridgehead atoms. The van der Waals surface area contributed by atoms with Crippen LogP contribution in [0.3, 0.4) is 0 Å². The summed E-state index contributed by atoms with van der Waals surface area (Å²) < 4.78 is 6.52. The molecule has 0 saturated carbocycles. The average Bonchev–Trinajstić information content (AvgIpc) is 3.33. The van der Waals surface area contributed by atoms with Crippen LogP contribution in [0, 0.1) is 5.41 Å². The van der Waals surface area contributed by atoms with E-state index >= 15 is 0 Å². The van der Waals surface area contributed by atoms with Crippen LogP contribution in [0.1, 0.15) is 57.3 Å². The van der Waals surface area contributed by atoms with Crippen molar-refractivity contribution in [2.45, 2.75) is 59.5 Å². The number of anilines is 1. The Morgan fingerprint density at radius 3 is 2.61 bits per heavy atom. The van der Waals surface area contributed by atoms with Crippen LogP contribution in [0.25, 0.3) is 22.6 Å². The molecule has 0 aliphatic rings. The summed E-state index contributed by atoms with van der Waals surface area (Å²) in [5.41, 5.74) is 7.50. The van der Waals surface area contributed by atoms with Crippen molar-refractivity contribution in [2.24, 2.45) is 5.41 Å². The number of hydrogen-bond acceptors (Lipinski definition) is 8. The lowest BCUT2D eigenvalue weighted by Gasteiger charge is -2.30. The Kier molecular flexibility index (Phi) is 7.14. The number of pyridine rings is 1. The molecule has 12 nitrogen and oxygen atoms in total. The van der Waals surface area contributed by atoms with Crippen LogP contribution in [0.15, 0.2) is 17.0 Å². The summed E-state index contributed by atoms with van der Waals surface area (Å²) in [6, 6.07) is -0.167. The van der Waals surface area contributed by atoms with Gasteiger partial charge in [0.2, 0.25) is 0 Å². The van der Waals surface area contributed by atoms with Crippen LogP contribution in [-0.2, 0) is 6.54 Å². The number of hydrogen-bond donors (Lipinski definition) is 4. The van der Waals surface area contributed by atoms with Gasteiger partial charge in [0.25, 0.3) is 5.91 Å². The van der Waals surface area contributed by atoms with Gasteiger partial charge < -0.3 is 26.0 Å².